The molecule has 1 rings (SSSR count). The Hall–Kier alpha value is -0.540. The minimum absolute atomic E-state index is 0.147. The SMILES string of the molecule is Cc1ccc(Br)cc1NC(C)C(C)N. The zero-order chi connectivity index (χ0) is 10.7. The summed E-state index contributed by atoms with van der Waals surface area (Å²) in [6.45, 7) is 6.18. The van der Waals surface area contributed by atoms with Crippen molar-refractivity contribution in [1.29, 1.82) is 0 Å². The second kappa shape index (κ2) is 4.80. The molecule has 0 aromatic heterocycles. The second-order valence-corrected chi connectivity index (χ2v) is 4.67. The summed E-state index contributed by atoms with van der Waals surface area (Å²) in [7, 11) is 0. The van der Waals surface area contributed by atoms with Crippen LogP contribution in [0.3, 0.4) is 0 Å². The molecule has 0 heterocycles. The maximum absolute atomic E-state index is 5.80. The summed E-state index contributed by atoms with van der Waals surface area (Å²) in [6.07, 6.45) is 0. The molecular formula is C11H17BrN2. The highest BCUT2D eigenvalue weighted by Gasteiger charge is 2.08. The van der Waals surface area contributed by atoms with E-state index in [1.54, 1.807) is 0 Å². The van der Waals surface area contributed by atoms with Gasteiger partial charge in [0, 0.05) is 22.2 Å². The molecular weight excluding hydrogens is 240 g/mol. The number of anilines is 1. The van der Waals surface area contributed by atoms with Crippen molar-refractivity contribution in [3.05, 3.63) is 28.2 Å². The maximum Gasteiger partial charge on any atom is 0.0383 e. The van der Waals surface area contributed by atoms with Crippen LogP contribution in [0.2, 0.25) is 0 Å². The highest BCUT2D eigenvalue weighted by molar-refractivity contribution is 9.10. The van der Waals surface area contributed by atoms with Gasteiger partial charge in [-0.2, -0.15) is 0 Å². The number of hydrogen-bond acceptors (Lipinski definition) is 2. The molecule has 0 saturated carbocycles. The van der Waals surface area contributed by atoms with Gasteiger partial charge >= 0.3 is 0 Å². The molecule has 0 aliphatic heterocycles. The van der Waals surface area contributed by atoms with Crippen LogP contribution in [0.1, 0.15) is 19.4 Å². The molecule has 14 heavy (non-hydrogen) atoms. The van der Waals surface area contributed by atoms with Crippen molar-refractivity contribution < 1.29 is 0 Å². The predicted molar refractivity (Wildman–Crippen MR) is 65.6 cm³/mol. The topological polar surface area (TPSA) is 38.0 Å². The van der Waals surface area contributed by atoms with E-state index < -0.39 is 0 Å². The first-order valence-electron chi connectivity index (χ1n) is 4.79. The molecule has 2 atom stereocenters. The van der Waals surface area contributed by atoms with Crippen LogP contribution in [0.4, 0.5) is 5.69 Å². The van der Waals surface area contributed by atoms with Crippen LogP contribution in [0.5, 0.6) is 0 Å². The summed E-state index contributed by atoms with van der Waals surface area (Å²) in [4.78, 5) is 0. The fourth-order valence-corrected chi connectivity index (χ4v) is 1.49. The third kappa shape index (κ3) is 3.00. The minimum Gasteiger partial charge on any atom is -0.381 e. The molecule has 0 aliphatic rings. The third-order valence-corrected chi connectivity index (χ3v) is 2.86. The van der Waals surface area contributed by atoms with Crippen LogP contribution >= 0.6 is 15.9 Å². The predicted octanol–water partition coefficient (Wildman–Crippen LogP) is 2.91. The smallest absolute Gasteiger partial charge is 0.0383 e. The van der Waals surface area contributed by atoms with Gasteiger partial charge in [0.15, 0.2) is 0 Å². The number of nitrogens with two attached hydrogens (primary N) is 1. The maximum atomic E-state index is 5.80. The third-order valence-electron chi connectivity index (χ3n) is 2.37. The van der Waals surface area contributed by atoms with E-state index in [1.807, 2.05) is 13.0 Å². The molecule has 0 saturated heterocycles. The van der Waals surface area contributed by atoms with Gasteiger partial charge in [-0.15, -0.1) is 0 Å². The average Bonchev–Trinajstić information content (AvgIpc) is 2.11. The molecule has 0 radical (unpaired) electrons. The van der Waals surface area contributed by atoms with Crippen molar-refractivity contribution >= 4 is 21.6 Å². The Balaban J connectivity index is 2.80. The van der Waals surface area contributed by atoms with Gasteiger partial charge in [-0.3, -0.25) is 0 Å². The van der Waals surface area contributed by atoms with E-state index in [0.29, 0.717) is 0 Å². The number of halogens is 1. The highest BCUT2D eigenvalue weighted by atomic mass is 79.9. The van der Waals surface area contributed by atoms with Crippen molar-refractivity contribution in [3.63, 3.8) is 0 Å². The molecule has 78 valence electrons. The molecule has 0 spiro atoms. The van der Waals surface area contributed by atoms with E-state index in [2.05, 4.69) is 47.2 Å². The van der Waals surface area contributed by atoms with Gasteiger partial charge in [0.2, 0.25) is 0 Å². The molecule has 0 amide bonds. The number of rotatable bonds is 3. The number of aryl methyl sites for hydroxylation is 1. The van der Waals surface area contributed by atoms with Crippen molar-refractivity contribution in [2.45, 2.75) is 32.9 Å². The van der Waals surface area contributed by atoms with Gasteiger partial charge in [0.05, 0.1) is 0 Å². The summed E-state index contributed by atoms with van der Waals surface area (Å²) in [5, 5.41) is 3.40. The van der Waals surface area contributed by atoms with E-state index >= 15 is 0 Å². The van der Waals surface area contributed by atoms with Crippen LogP contribution in [0.15, 0.2) is 22.7 Å². The van der Waals surface area contributed by atoms with Gasteiger partial charge in [-0.25, -0.2) is 0 Å². The van der Waals surface area contributed by atoms with Gasteiger partial charge in [0.1, 0.15) is 0 Å². The van der Waals surface area contributed by atoms with Gasteiger partial charge < -0.3 is 11.1 Å². The Labute approximate surface area is 94.0 Å². The average molecular weight is 257 g/mol. The standard InChI is InChI=1S/C11H17BrN2/c1-7-4-5-10(12)6-11(7)14-9(3)8(2)13/h4-6,8-9,14H,13H2,1-3H3. The molecule has 0 fully saturated rings. The molecule has 1 aromatic carbocycles. The normalized spacial score (nSPS) is 14.9. The minimum atomic E-state index is 0.147. The Kier molecular flexibility index (Phi) is 3.96. The molecule has 3 N–H and O–H groups in total. The van der Waals surface area contributed by atoms with Crippen LogP contribution in [-0.2, 0) is 0 Å². The second-order valence-electron chi connectivity index (χ2n) is 3.75. The fraction of sp³-hybridized carbons (Fsp3) is 0.455. The van der Waals surface area contributed by atoms with E-state index in [1.165, 1.54) is 5.56 Å². The van der Waals surface area contributed by atoms with E-state index in [0.717, 1.165) is 10.2 Å². The van der Waals surface area contributed by atoms with E-state index in [9.17, 15) is 0 Å². The van der Waals surface area contributed by atoms with Crippen LogP contribution in [-0.4, -0.2) is 12.1 Å². The van der Waals surface area contributed by atoms with Crippen molar-refractivity contribution in [2.24, 2.45) is 5.73 Å². The molecule has 2 unspecified atom stereocenters. The number of hydrogen-bond donors (Lipinski definition) is 2. The van der Waals surface area contributed by atoms with Gasteiger partial charge in [0.25, 0.3) is 0 Å². The molecule has 2 nitrogen and oxygen atoms in total. The zero-order valence-electron chi connectivity index (χ0n) is 8.84. The van der Waals surface area contributed by atoms with Gasteiger partial charge in [-0.1, -0.05) is 22.0 Å². The molecule has 0 aliphatic carbocycles. The first kappa shape index (κ1) is 11.5. The molecule has 0 bridgehead atoms. The zero-order valence-corrected chi connectivity index (χ0v) is 10.4. The van der Waals surface area contributed by atoms with E-state index in [4.69, 9.17) is 5.73 Å². The van der Waals surface area contributed by atoms with Crippen molar-refractivity contribution in [3.8, 4) is 0 Å². The Bertz CT molecular complexity index is 310. The fourth-order valence-electron chi connectivity index (χ4n) is 1.13. The Morgan fingerprint density at radius 1 is 1.36 bits per heavy atom. The summed E-state index contributed by atoms with van der Waals surface area (Å²) >= 11 is 3.45. The Morgan fingerprint density at radius 3 is 2.57 bits per heavy atom. The summed E-state index contributed by atoms with van der Waals surface area (Å²) in [5.41, 5.74) is 8.18. The lowest BCUT2D eigenvalue weighted by Crippen LogP contribution is -2.35. The quantitative estimate of drug-likeness (QED) is 0.873. The van der Waals surface area contributed by atoms with Crippen molar-refractivity contribution in [1.82, 2.24) is 0 Å². The summed E-state index contributed by atoms with van der Waals surface area (Å²) < 4.78 is 1.09. The lowest BCUT2D eigenvalue weighted by Gasteiger charge is -2.20. The highest BCUT2D eigenvalue weighted by Crippen LogP contribution is 2.21. The van der Waals surface area contributed by atoms with Gasteiger partial charge in [-0.05, 0) is 38.5 Å². The summed E-state index contributed by atoms with van der Waals surface area (Å²) in [6, 6.07) is 6.63. The number of nitrogens with one attached hydrogen (secondary N) is 1. The van der Waals surface area contributed by atoms with E-state index in [-0.39, 0.29) is 12.1 Å². The lowest BCUT2D eigenvalue weighted by atomic mass is 10.1. The van der Waals surface area contributed by atoms with Crippen LogP contribution in [0, 0.1) is 6.92 Å². The first-order chi connectivity index (χ1) is 6.50. The molecule has 3 heteroatoms. The molecule has 1 aromatic rings. The number of benzene rings is 1. The lowest BCUT2D eigenvalue weighted by molar-refractivity contribution is 0.638. The summed E-state index contributed by atoms with van der Waals surface area (Å²) in [5.74, 6) is 0. The first-order valence-corrected chi connectivity index (χ1v) is 5.58. The van der Waals surface area contributed by atoms with Crippen LogP contribution < -0.4 is 11.1 Å². The van der Waals surface area contributed by atoms with Crippen LogP contribution in [0.25, 0.3) is 0 Å². The monoisotopic (exact) mass is 256 g/mol. The van der Waals surface area contributed by atoms with Crippen molar-refractivity contribution in [2.75, 3.05) is 5.32 Å². The Morgan fingerprint density at radius 2 is 2.00 bits per heavy atom. The largest absolute Gasteiger partial charge is 0.381 e.